The van der Waals surface area contributed by atoms with E-state index in [-0.39, 0.29) is 5.91 Å². The van der Waals surface area contributed by atoms with Crippen LogP contribution in [0.3, 0.4) is 0 Å². The number of nitrogens with zero attached hydrogens (tertiary/aromatic N) is 3. The first-order valence-corrected chi connectivity index (χ1v) is 10.7. The second-order valence-corrected chi connectivity index (χ2v) is 8.11. The van der Waals surface area contributed by atoms with Gasteiger partial charge in [-0.25, -0.2) is 0 Å². The van der Waals surface area contributed by atoms with E-state index in [1.807, 2.05) is 35.2 Å². The second kappa shape index (κ2) is 9.06. The van der Waals surface area contributed by atoms with E-state index >= 15 is 0 Å². The third kappa shape index (κ3) is 4.51. The largest absolute Gasteiger partial charge is 0.495 e. The van der Waals surface area contributed by atoms with Crippen LogP contribution >= 0.6 is 11.6 Å². The first-order chi connectivity index (χ1) is 14.2. The maximum Gasteiger partial charge on any atom is 0.227 e. The number of amides is 1. The zero-order valence-electron chi connectivity index (χ0n) is 16.9. The number of carbonyl (C=O) groups is 1. The monoisotopic (exact) mass is 413 g/mol. The summed E-state index contributed by atoms with van der Waals surface area (Å²) in [6, 6.07) is 14.1. The van der Waals surface area contributed by atoms with E-state index in [1.54, 1.807) is 7.11 Å². The van der Waals surface area contributed by atoms with Gasteiger partial charge in [-0.15, -0.1) is 0 Å². The summed E-state index contributed by atoms with van der Waals surface area (Å²) < 4.78 is 5.53. The smallest absolute Gasteiger partial charge is 0.227 e. The average Bonchev–Trinajstić information content (AvgIpc) is 2.75. The molecule has 0 bridgehead atoms. The number of piperazine rings is 1. The number of aryl methyl sites for hydroxylation is 1. The van der Waals surface area contributed by atoms with Gasteiger partial charge in [0.05, 0.1) is 12.8 Å². The number of hydrogen-bond acceptors (Lipinski definition) is 4. The molecule has 6 heteroatoms. The standard InChI is InChI=1S/C23H28ClN3O2/c1-29-21-8-2-5-18-9-10-22(28)27(23(18)21)12-4-11-25-13-15-26(16-14-25)20-7-3-6-19(24)17-20/h2-3,5-8,17H,4,9-16H2,1H3. The number of carbonyl (C=O) groups excluding carboxylic acids is 1. The third-order valence-electron chi connectivity index (χ3n) is 5.88. The topological polar surface area (TPSA) is 36.0 Å². The van der Waals surface area contributed by atoms with E-state index in [0.29, 0.717) is 6.42 Å². The molecule has 29 heavy (non-hydrogen) atoms. The van der Waals surface area contributed by atoms with Crippen LogP contribution in [-0.4, -0.2) is 57.2 Å². The fourth-order valence-corrected chi connectivity index (χ4v) is 4.52. The lowest BCUT2D eigenvalue weighted by molar-refractivity contribution is -0.118. The first-order valence-electron chi connectivity index (χ1n) is 10.3. The summed E-state index contributed by atoms with van der Waals surface area (Å²) in [6.45, 7) is 5.79. The Balaban J connectivity index is 1.31. The lowest BCUT2D eigenvalue weighted by Gasteiger charge is -2.37. The van der Waals surface area contributed by atoms with Crippen LogP contribution in [0.4, 0.5) is 11.4 Å². The van der Waals surface area contributed by atoms with Crippen molar-refractivity contribution in [3.05, 3.63) is 53.1 Å². The van der Waals surface area contributed by atoms with E-state index in [0.717, 1.165) is 68.6 Å². The van der Waals surface area contributed by atoms with Crippen molar-refractivity contribution in [2.45, 2.75) is 19.3 Å². The number of hydrogen-bond donors (Lipinski definition) is 0. The summed E-state index contributed by atoms with van der Waals surface area (Å²) in [4.78, 5) is 19.4. The minimum Gasteiger partial charge on any atom is -0.495 e. The Morgan fingerprint density at radius 1 is 1.00 bits per heavy atom. The molecular weight excluding hydrogens is 386 g/mol. The van der Waals surface area contributed by atoms with Crippen molar-refractivity contribution < 1.29 is 9.53 Å². The minimum atomic E-state index is 0.202. The van der Waals surface area contributed by atoms with Crippen LogP contribution in [0.15, 0.2) is 42.5 Å². The fraction of sp³-hybridized carbons (Fsp3) is 0.435. The SMILES string of the molecule is COc1cccc2c1N(CCCN1CCN(c3cccc(Cl)c3)CC1)C(=O)CC2. The van der Waals surface area contributed by atoms with Gasteiger partial charge in [0.15, 0.2) is 0 Å². The maximum atomic E-state index is 12.6. The molecule has 5 nitrogen and oxygen atoms in total. The second-order valence-electron chi connectivity index (χ2n) is 7.68. The van der Waals surface area contributed by atoms with E-state index in [2.05, 4.69) is 21.9 Å². The predicted molar refractivity (Wildman–Crippen MR) is 118 cm³/mol. The number of anilines is 2. The van der Waals surface area contributed by atoms with Crippen molar-refractivity contribution >= 4 is 28.9 Å². The Labute approximate surface area is 177 Å². The van der Waals surface area contributed by atoms with E-state index in [4.69, 9.17) is 16.3 Å². The molecule has 4 rings (SSSR count). The molecule has 0 radical (unpaired) electrons. The van der Waals surface area contributed by atoms with Gasteiger partial charge in [0.2, 0.25) is 5.91 Å². The van der Waals surface area contributed by atoms with Crippen molar-refractivity contribution in [3.63, 3.8) is 0 Å². The molecule has 0 unspecified atom stereocenters. The molecule has 0 aliphatic carbocycles. The van der Waals surface area contributed by atoms with Crippen LogP contribution in [-0.2, 0) is 11.2 Å². The number of halogens is 1. The molecule has 0 saturated carbocycles. The first kappa shape index (κ1) is 20.0. The van der Waals surface area contributed by atoms with Crippen LogP contribution in [0.2, 0.25) is 5.02 Å². The number of rotatable bonds is 6. The normalized spacial score (nSPS) is 17.4. The molecular formula is C23H28ClN3O2. The Bertz CT molecular complexity index is 851. The van der Waals surface area contributed by atoms with Gasteiger partial charge in [-0.05, 0) is 49.2 Å². The lowest BCUT2D eigenvalue weighted by Crippen LogP contribution is -2.47. The van der Waals surface area contributed by atoms with E-state index in [1.165, 1.54) is 11.3 Å². The zero-order chi connectivity index (χ0) is 20.2. The minimum absolute atomic E-state index is 0.202. The van der Waals surface area contributed by atoms with Crippen molar-refractivity contribution in [3.8, 4) is 5.75 Å². The van der Waals surface area contributed by atoms with Crippen LogP contribution in [0, 0.1) is 0 Å². The fourth-order valence-electron chi connectivity index (χ4n) is 4.33. The average molecular weight is 414 g/mol. The van der Waals surface area contributed by atoms with Crippen molar-refractivity contribution in [1.29, 1.82) is 0 Å². The molecule has 0 aromatic heterocycles. The molecule has 2 aromatic rings. The summed E-state index contributed by atoms with van der Waals surface area (Å²) in [7, 11) is 1.67. The summed E-state index contributed by atoms with van der Waals surface area (Å²) in [6.07, 6.45) is 2.34. The highest BCUT2D eigenvalue weighted by molar-refractivity contribution is 6.30. The molecule has 0 N–H and O–H groups in total. The molecule has 2 heterocycles. The number of fused-ring (bicyclic) bond motifs is 1. The summed E-state index contributed by atoms with van der Waals surface area (Å²) in [5.41, 5.74) is 3.37. The lowest BCUT2D eigenvalue weighted by atomic mass is 10.00. The van der Waals surface area contributed by atoms with Crippen LogP contribution in [0.5, 0.6) is 5.75 Å². The Hall–Kier alpha value is -2.24. The molecule has 2 aliphatic heterocycles. The molecule has 2 aliphatic rings. The summed E-state index contributed by atoms with van der Waals surface area (Å²) >= 11 is 6.13. The predicted octanol–water partition coefficient (Wildman–Crippen LogP) is 3.84. The van der Waals surface area contributed by atoms with Gasteiger partial charge in [0.1, 0.15) is 5.75 Å². The van der Waals surface area contributed by atoms with Gasteiger partial charge in [0, 0.05) is 49.9 Å². The molecule has 0 spiro atoms. The molecule has 1 saturated heterocycles. The quantitative estimate of drug-likeness (QED) is 0.720. The molecule has 1 fully saturated rings. The van der Waals surface area contributed by atoms with E-state index in [9.17, 15) is 4.79 Å². The zero-order valence-corrected chi connectivity index (χ0v) is 17.7. The van der Waals surface area contributed by atoms with Gasteiger partial charge in [-0.1, -0.05) is 29.8 Å². The molecule has 2 aromatic carbocycles. The molecule has 154 valence electrons. The van der Waals surface area contributed by atoms with Crippen molar-refractivity contribution in [2.75, 3.05) is 56.2 Å². The number of para-hydroxylation sites is 1. The summed E-state index contributed by atoms with van der Waals surface area (Å²) in [5, 5.41) is 0.784. The highest BCUT2D eigenvalue weighted by Gasteiger charge is 2.27. The highest BCUT2D eigenvalue weighted by Crippen LogP contribution is 2.36. The van der Waals surface area contributed by atoms with Gasteiger partial charge in [0.25, 0.3) is 0 Å². The van der Waals surface area contributed by atoms with Crippen LogP contribution < -0.4 is 14.5 Å². The van der Waals surface area contributed by atoms with Gasteiger partial charge < -0.3 is 14.5 Å². The highest BCUT2D eigenvalue weighted by atomic mass is 35.5. The van der Waals surface area contributed by atoms with Crippen LogP contribution in [0.1, 0.15) is 18.4 Å². The number of ether oxygens (including phenoxy) is 1. The Kier molecular flexibility index (Phi) is 6.26. The van der Waals surface area contributed by atoms with E-state index < -0.39 is 0 Å². The van der Waals surface area contributed by atoms with Gasteiger partial charge in [-0.2, -0.15) is 0 Å². The number of methoxy groups -OCH3 is 1. The summed E-state index contributed by atoms with van der Waals surface area (Å²) in [5.74, 6) is 0.999. The van der Waals surface area contributed by atoms with Crippen molar-refractivity contribution in [1.82, 2.24) is 4.90 Å². The van der Waals surface area contributed by atoms with Gasteiger partial charge in [-0.3, -0.25) is 9.69 Å². The maximum absolute atomic E-state index is 12.6. The number of benzene rings is 2. The van der Waals surface area contributed by atoms with Gasteiger partial charge >= 0.3 is 0 Å². The Morgan fingerprint density at radius 3 is 2.55 bits per heavy atom. The Morgan fingerprint density at radius 2 is 1.79 bits per heavy atom. The third-order valence-corrected chi connectivity index (χ3v) is 6.12. The van der Waals surface area contributed by atoms with Crippen LogP contribution in [0.25, 0.3) is 0 Å². The molecule has 1 amide bonds. The van der Waals surface area contributed by atoms with Crippen molar-refractivity contribution in [2.24, 2.45) is 0 Å². The molecule has 0 atom stereocenters.